The van der Waals surface area contributed by atoms with Crippen LogP contribution in [0.4, 0.5) is 0 Å². The molecule has 19 heavy (non-hydrogen) atoms. The maximum atomic E-state index is 11.8. The van der Waals surface area contributed by atoms with Crippen molar-refractivity contribution in [1.82, 2.24) is 20.9 Å². The Morgan fingerprint density at radius 1 is 1.05 bits per heavy atom. The highest BCUT2D eigenvalue weighted by atomic mass is 16.2. The highest BCUT2D eigenvalue weighted by molar-refractivity contribution is 5.83. The van der Waals surface area contributed by atoms with Crippen molar-refractivity contribution in [2.45, 2.75) is 19.8 Å². The molecule has 0 aromatic heterocycles. The second kappa shape index (κ2) is 8.47. The molecule has 7 nitrogen and oxygen atoms in total. The fourth-order valence-electron chi connectivity index (χ4n) is 1.82. The van der Waals surface area contributed by atoms with Crippen molar-refractivity contribution in [3.8, 4) is 0 Å². The van der Waals surface area contributed by atoms with Gasteiger partial charge in [0.15, 0.2) is 0 Å². The van der Waals surface area contributed by atoms with E-state index in [1.807, 2.05) is 0 Å². The Morgan fingerprint density at radius 3 is 2.32 bits per heavy atom. The molecule has 3 amide bonds. The predicted molar refractivity (Wildman–Crippen MR) is 70.4 cm³/mol. The van der Waals surface area contributed by atoms with Gasteiger partial charge >= 0.3 is 0 Å². The normalized spacial score (nSPS) is 14.9. The topological polar surface area (TPSA) is 90.5 Å². The third-order valence-corrected chi connectivity index (χ3v) is 2.86. The third-order valence-electron chi connectivity index (χ3n) is 2.86. The van der Waals surface area contributed by atoms with Crippen LogP contribution in [0.5, 0.6) is 0 Å². The van der Waals surface area contributed by atoms with Gasteiger partial charge < -0.3 is 20.9 Å². The van der Waals surface area contributed by atoms with Crippen molar-refractivity contribution in [3.63, 3.8) is 0 Å². The van der Waals surface area contributed by atoms with Gasteiger partial charge in [-0.3, -0.25) is 14.4 Å². The van der Waals surface area contributed by atoms with Gasteiger partial charge in [0.25, 0.3) is 0 Å². The van der Waals surface area contributed by atoms with Gasteiger partial charge in [-0.25, -0.2) is 0 Å². The standard InChI is InChI=1S/C12H22N4O3/c1-10(17)14-4-5-15-11(18)2-3-12(19)16-8-6-13-7-9-16/h13H,2-9H2,1H3,(H,14,17)(H,15,18). The van der Waals surface area contributed by atoms with Gasteiger partial charge in [-0.1, -0.05) is 0 Å². The minimum Gasteiger partial charge on any atom is -0.355 e. The first-order valence-corrected chi connectivity index (χ1v) is 6.59. The Kier molecular flexibility index (Phi) is 6.88. The summed E-state index contributed by atoms with van der Waals surface area (Å²) in [5, 5.41) is 8.41. The van der Waals surface area contributed by atoms with Crippen LogP contribution in [0.3, 0.4) is 0 Å². The molecule has 0 atom stereocenters. The van der Waals surface area contributed by atoms with Gasteiger partial charge in [0.1, 0.15) is 0 Å². The molecule has 1 aliphatic heterocycles. The maximum Gasteiger partial charge on any atom is 0.223 e. The van der Waals surface area contributed by atoms with E-state index in [-0.39, 0.29) is 30.6 Å². The summed E-state index contributed by atoms with van der Waals surface area (Å²) in [7, 11) is 0. The molecule has 0 aromatic carbocycles. The largest absolute Gasteiger partial charge is 0.355 e. The monoisotopic (exact) mass is 270 g/mol. The molecule has 0 aliphatic carbocycles. The van der Waals surface area contributed by atoms with Gasteiger partial charge in [0.05, 0.1) is 0 Å². The molecular weight excluding hydrogens is 248 g/mol. The molecule has 1 heterocycles. The first kappa shape index (κ1) is 15.4. The molecule has 1 saturated heterocycles. The summed E-state index contributed by atoms with van der Waals surface area (Å²) in [4.78, 5) is 35.6. The average Bonchev–Trinajstić information content (AvgIpc) is 2.41. The SMILES string of the molecule is CC(=O)NCCNC(=O)CCC(=O)N1CCNCC1. The summed E-state index contributed by atoms with van der Waals surface area (Å²) >= 11 is 0. The molecule has 108 valence electrons. The van der Waals surface area contributed by atoms with E-state index >= 15 is 0 Å². The number of nitrogens with zero attached hydrogens (tertiary/aromatic N) is 1. The molecule has 0 spiro atoms. The van der Waals surface area contributed by atoms with Crippen LogP contribution in [0.15, 0.2) is 0 Å². The van der Waals surface area contributed by atoms with Crippen LogP contribution >= 0.6 is 0 Å². The van der Waals surface area contributed by atoms with Crippen LogP contribution in [-0.2, 0) is 14.4 Å². The lowest BCUT2D eigenvalue weighted by Gasteiger charge is -2.27. The number of carbonyl (C=O) groups excluding carboxylic acids is 3. The van der Waals surface area contributed by atoms with Gasteiger partial charge in [-0.2, -0.15) is 0 Å². The lowest BCUT2D eigenvalue weighted by atomic mass is 10.2. The molecule has 1 fully saturated rings. The first-order chi connectivity index (χ1) is 9.09. The molecule has 0 unspecified atom stereocenters. The maximum absolute atomic E-state index is 11.8. The Morgan fingerprint density at radius 2 is 1.68 bits per heavy atom. The third kappa shape index (κ3) is 6.76. The Balaban J connectivity index is 2.08. The van der Waals surface area contributed by atoms with E-state index < -0.39 is 0 Å². The van der Waals surface area contributed by atoms with Crippen LogP contribution in [0, 0.1) is 0 Å². The van der Waals surface area contributed by atoms with Crippen LogP contribution in [-0.4, -0.2) is 61.9 Å². The fourth-order valence-corrected chi connectivity index (χ4v) is 1.82. The minimum atomic E-state index is -0.158. The number of hydrogen-bond donors (Lipinski definition) is 3. The van der Waals surface area contributed by atoms with Crippen molar-refractivity contribution >= 4 is 17.7 Å². The number of carbonyl (C=O) groups is 3. The number of hydrogen-bond acceptors (Lipinski definition) is 4. The molecule has 0 radical (unpaired) electrons. The zero-order chi connectivity index (χ0) is 14.1. The van der Waals surface area contributed by atoms with Crippen molar-refractivity contribution in [2.75, 3.05) is 39.3 Å². The van der Waals surface area contributed by atoms with Crippen LogP contribution in [0.2, 0.25) is 0 Å². The van der Waals surface area contributed by atoms with Gasteiger partial charge in [-0.15, -0.1) is 0 Å². The summed E-state index contributed by atoms with van der Waals surface area (Å²) in [5.41, 5.74) is 0. The molecular formula is C12H22N4O3. The molecule has 7 heteroatoms. The predicted octanol–water partition coefficient (Wildman–Crippen LogP) is -1.55. The van der Waals surface area contributed by atoms with E-state index in [9.17, 15) is 14.4 Å². The van der Waals surface area contributed by atoms with E-state index in [0.29, 0.717) is 26.2 Å². The number of piperazine rings is 1. The molecule has 1 aliphatic rings. The van der Waals surface area contributed by atoms with Crippen LogP contribution < -0.4 is 16.0 Å². The Hall–Kier alpha value is -1.63. The Bertz CT molecular complexity index is 327. The summed E-state index contributed by atoms with van der Waals surface area (Å²) in [6.45, 7) is 5.27. The second-order valence-corrected chi connectivity index (χ2v) is 4.46. The van der Waals surface area contributed by atoms with Crippen molar-refractivity contribution < 1.29 is 14.4 Å². The highest BCUT2D eigenvalue weighted by Crippen LogP contribution is 1.99. The highest BCUT2D eigenvalue weighted by Gasteiger charge is 2.16. The number of amides is 3. The van der Waals surface area contributed by atoms with Gasteiger partial charge in [0, 0.05) is 59.0 Å². The summed E-state index contributed by atoms with van der Waals surface area (Å²) in [6, 6.07) is 0. The second-order valence-electron chi connectivity index (χ2n) is 4.46. The number of rotatable bonds is 6. The van der Waals surface area contributed by atoms with Crippen molar-refractivity contribution in [1.29, 1.82) is 0 Å². The Labute approximate surface area is 113 Å². The van der Waals surface area contributed by atoms with Crippen molar-refractivity contribution in [3.05, 3.63) is 0 Å². The van der Waals surface area contributed by atoms with E-state index in [1.54, 1.807) is 4.90 Å². The van der Waals surface area contributed by atoms with Gasteiger partial charge in [0.2, 0.25) is 17.7 Å². The first-order valence-electron chi connectivity index (χ1n) is 6.59. The fraction of sp³-hybridized carbons (Fsp3) is 0.750. The van der Waals surface area contributed by atoms with E-state index in [4.69, 9.17) is 0 Å². The zero-order valence-electron chi connectivity index (χ0n) is 11.3. The lowest BCUT2D eigenvalue weighted by Crippen LogP contribution is -2.46. The van der Waals surface area contributed by atoms with E-state index in [2.05, 4.69) is 16.0 Å². The lowest BCUT2D eigenvalue weighted by molar-refractivity contribution is -0.134. The van der Waals surface area contributed by atoms with Crippen molar-refractivity contribution in [2.24, 2.45) is 0 Å². The number of nitrogens with one attached hydrogen (secondary N) is 3. The summed E-state index contributed by atoms with van der Waals surface area (Å²) in [5.74, 6) is -0.254. The molecule has 0 aromatic rings. The molecule has 0 bridgehead atoms. The molecule has 0 saturated carbocycles. The van der Waals surface area contributed by atoms with E-state index in [0.717, 1.165) is 13.1 Å². The summed E-state index contributed by atoms with van der Waals surface area (Å²) in [6.07, 6.45) is 0.439. The quantitative estimate of drug-likeness (QED) is 0.510. The molecule has 3 N–H and O–H groups in total. The van der Waals surface area contributed by atoms with Crippen LogP contribution in [0.1, 0.15) is 19.8 Å². The smallest absolute Gasteiger partial charge is 0.223 e. The average molecular weight is 270 g/mol. The van der Waals surface area contributed by atoms with Gasteiger partial charge in [-0.05, 0) is 0 Å². The van der Waals surface area contributed by atoms with Crippen LogP contribution in [0.25, 0.3) is 0 Å². The zero-order valence-corrected chi connectivity index (χ0v) is 11.3. The minimum absolute atomic E-state index is 0.0264. The molecule has 1 rings (SSSR count). The van der Waals surface area contributed by atoms with E-state index in [1.165, 1.54) is 6.92 Å². The summed E-state index contributed by atoms with van der Waals surface area (Å²) < 4.78 is 0.